The van der Waals surface area contributed by atoms with Crippen molar-refractivity contribution in [1.82, 2.24) is 0 Å². The van der Waals surface area contributed by atoms with Crippen LogP contribution < -0.4 is 0 Å². The predicted molar refractivity (Wildman–Crippen MR) is 60.8 cm³/mol. The van der Waals surface area contributed by atoms with Gasteiger partial charge in [-0.25, -0.2) is 0 Å². The van der Waals surface area contributed by atoms with Gasteiger partial charge in [-0.2, -0.15) is 0 Å². The van der Waals surface area contributed by atoms with Gasteiger partial charge in [-0.1, -0.05) is 12.1 Å². The third kappa shape index (κ3) is 2.13. The van der Waals surface area contributed by atoms with Crippen molar-refractivity contribution in [2.75, 3.05) is 0 Å². The van der Waals surface area contributed by atoms with Gasteiger partial charge in [0.15, 0.2) is 0 Å². The molecule has 2 rings (SSSR count). The second kappa shape index (κ2) is 3.84. The van der Waals surface area contributed by atoms with Crippen LogP contribution in [0.15, 0.2) is 18.2 Å². The lowest BCUT2D eigenvalue weighted by atomic mass is 9.95. The maximum absolute atomic E-state index is 11.0. The average Bonchev–Trinajstić information content (AvgIpc) is 3.01. The average molecular weight is 235 g/mol. The molecule has 0 radical (unpaired) electrons. The number of aliphatic carboxylic acids is 1. The van der Waals surface area contributed by atoms with E-state index in [1.165, 1.54) is 6.07 Å². The largest absolute Gasteiger partial charge is 0.481 e. The van der Waals surface area contributed by atoms with E-state index in [-0.39, 0.29) is 5.69 Å². The third-order valence-corrected chi connectivity index (χ3v) is 3.32. The lowest BCUT2D eigenvalue weighted by Crippen LogP contribution is -2.17. The molecule has 0 unspecified atom stereocenters. The first-order chi connectivity index (χ1) is 7.94. The number of benzene rings is 1. The molecular weight excluding hydrogens is 222 g/mol. The lowest BCUT2D eigenvalue weighted by molar-refractivity contribution is -0.385. The highest BCUT2D eigenvalue weighted by atomic mass is 16.6. The van der Waals surface area contributed by atoms with Crippen LogP contribution in [0.1, 0.15) is 24.0 Å². The van der Waals surface area contributed by atoms with Crippen molar-refractivity contribution in [1.29, 1.82) is 0 Å². The highest BCUT2D eigenvalue weighted by Gasteiger charge is 2.50. The van der Waals surface area contributed by atoms with E-state index in [2.05, 4.69) is 0 Å². The molecule has 1 aromatic carbocycles. The molecule has 0 heterocycles. The number of carbonyl (C=O) groups is 1. The predicted octanol–water partition coefficient (Wildman–Crippen LogP) is 2.31. The molecule has 0 bridgehead atoms. The standard InChI is InChI=1S/C12H13NO4/c1-8-2-3-9(6-10(8)13(16)17)7-12(4-5-12)11(14)15/h2-3,6H,4-5,7H2,1H3,(H,14,15). The van der Waals surface area contributed by atoms with E-state index in [4.69, 9.17) is 5.11 Å². The first-order valence-corrected chi connectivity index (χ1v) is 5.42. The second-order valence-electron chi connectivity index (χ2n) is 4.64. The molecule has 5 nitrogen and oxygen atoms in total. The molecule has 1 aliphatic rings. The minimum absolute atomic E-state index is 0.0590. The summed E-state index contributed by atoms with van der Waals surface area (Å²) in [5.41, 5.74) is 0.702. The number of hydrogen-bond donors (Lipinski definition) is 1. The van der Waals surface area contributed by atoms with Gasteiger partial charge in [-0.05, 0) is 31.7 Å². The summed E-state index contributed by atoms with van der Waals surface area (Å²) in [6, 6.07) is 4.93. The molecule has 90 valence electrons. The molecule has 0 amide bonds. The van der Waals surface area contributed by atoms with Crippen molar-refractivity contribution in [3.8, 4) is 0 Å². The van der Waals surface area contributed by atoms with Crippen molar-refractivity contribution in [2.45, 2.75) is 26.2 Å². The zero-order valence-corrected chi connectivity index (χ0v) is 9.47. The highest BCUT2D eigenvalue weighted by Crippen LogP contribution is 2.48. The van der Waals surface area contributed by atoms with Gasteiger partial charge in [-0.3, -0.25) is 14.9 Å². The molecule has 0 spiro atoms. The Morgan fingerprint density at radius 1 is 1.53 bits per heavy atom. The Hall–Kier alpha value is -1.91. The first-order valence-electron chi connectivity index (χ1n) is 5.42. The Morgan fingerprint density at radius 2 is 2.18 bits per heavy atom. The SMILES string of the molecule is Cc1ccc(CC2(C(=O)O)CC2)cc1[N+](=O)[O-]. The smallest absolute Gasteiger partial charge is 0.309 e. The summed E-state index contributed by atoms with van der Waals surface area (Å²) in [5.74, 6) is -0.805. The normalized spacial score (nSPS) is 16.5. The minimum atomic E-state index is -0.805. The van der Waals surface area contributed by atoms with Crippen LogP contribution in [-0.4, -0.2) is 16.0 Å². The fraction of sp³-hybridized carbons (Fsp3) is 0.417. The van der Waals surface area contributed by atoms with Gasteiger partial charge in [0.2, 0.25) is 0 Å². The van der Waals surface area contributed by atoms with Gasteiger partial charge in [0.25, 0.3) is 5.69 Å². The van der Waals surface area contributed by atoms with Gasteiger partial charge in [0, 0.05) is 11.6 Å². The zero-order chi connectivity index (χ0) is 12.6. The van der Waals surface area contributed by atoms with Crippen molar-refractivity contribution >= 4 is 11.7 Å². The number of nitro groups is 1. The zero-order valence-electron chi connectivity index (χ0n) is 9.47. The molecule has 5 heteroatoms. The highest BCUT2D eigenvalue weighted by molar-refractivity contribution is 5.78. The Kier molecular flexibility index (Phi) is 2.61. The number of carboxylic acids is 1. The summed E-state index contributed by atoms with van der Waals surface area (Å²) < 4.78 is 0. The van der Waals surface area contributed by atoms with Crippen LogP contribution in [0.3, 0.4) is 0 Å². The lowest BCUT2D eigenvalue weighted by Gasteiger charge is -2.09. The summed E-state index contributed by atoms with van der Waals surface area (Å²) in [5, 5.41) is 19.8. The van der Waals surface area contributed by atoms with Crippen molar-refractivity contribution in [3.05, 3.63) is 39.4 Å². The van der Waals surface area contributed by atoms with Crippen molar-refractivity contribution in [3.63, 3.8) is 0 Å². The molecule has 0 atom stereocenters. The van der Waals surface area contributed by atoms with Crippen LogP contribution in [0.4, 0.5) is 5.69 Å². The molecule has 1 N–H and O–H groups in total. The van der Waals surface area contributed by atoms with E-state index in [0.717, 1.165) is 5.56 Å². The quantitative estimate of drug-likeness (QED) is 0.641. The first kappa shape index (κ1) is 11.6. The van der Waals surface area contributed by atoms with Crippen molar-refractivity contribution < 1.29 is 14.8 Å². The van der Waals surface area contributed by atoms with Crippen LogP contribution >= 0.6 is 0 Å². The van der Waals surface area contributed by atoms with Crippen LogP contribution in [0.5, 0.6) is 0 Å². The number of aryl methyl sites for hydroxylation is 1. The summed E-state index contributed by atoms with van der Waals surface area (Å²) in [6.07, 6.45) is 1.69. The van der Waals surface area contributed by atoms with Gasteiger partial charge in [0.1, 0.15) is 0 Å². The number of carboxylic acid groups (broad SMARTS) is 1. The maximum Gasteiger partial charge on any atom is 0.309 e. The Bertz CT molecular complexity index is 491. The number of nitro benzene ring substituents is 1. The molecule has 0 saturated heterocycles. The summed E-state index contributed by atoms with van der Waals surface area (Å²) in [6.45, 7) is 1.67. The fourth-order valence-electron chi connectivity index (χ4n) is 1.97. The Morgan fingerprint density at radius 3 is 2.65 bits per heavy atom. The van der Waals surface area contributed by atoms with E-state index in [0.29, 0.717) is 24.8 Å². The van der Waals surface area contributed by atoms with Gasteiger partial charge < -0.3 is 5.11 Å². The van der Waals surface area contributed by atoms with E-state index >= 15 is 0 Å². The summed E-state index contributed by atoms with van der Waals surface area (Å²) in [7, 11) is 0. The maximum atomic E-state index is 11.0. The fourth-order valence-corrected chi connectivity index (χ4v) is 1.97. The van der Waals surface area contributed by atoms with Crippen LogP contribution in [0.25, 0.3) is 0 Å². The second-order valence-corrected chi connectivity index (χ2v) is 4.64. The summed E-state index contributed by atoms with van der Waals surface area (Å²) in [4.78, 5) is 21.4. The molecule has 1 saturated carbocycles. The Balaban J connectivity index is 2.26. The van der Waals surface area contributed by atoms with Crippen LogP contribution in [-0.2, 0) is 11.2 Å². The third-order valence-electron chi connectivity index (χ3n) is 3.32. The molecular formula is C12H13NO4. The van der Waals surface area contributed by atoms with Gasteiger partial charge >= 0.3 is 5.97 Å². The number of rotatable bonds is 4. The summed E-state index contributed by atoms with van der Waals surface area (Å²) >= 11 is 0. The van der Waals surface area contributed by atoms with E-state index < -0.39 is 16.3 Å². The van der Waals surface area contributed by atoms with E-state index in [9.17, 15) is 14.9 Å². The van der Waals surface area contributed by atoms with Crippen LogP contribution in [0, 0.1) is 22.5 Å². The van der Waals surface area contributed by atoms with Crippen LogP contribution in [0.2, 0.25) is 0 Å². The molecule has 0 aliphatic heterocycles. The van der Waals surface area contributed by atoms with Crippen molar-refractivity contribution in [2.24, 2.45) is 5.41 Å². The molecule has 1 fully saturated rings. The van der Waals surface area contributed by atoms with E-state index in [1.807, 2.05) is 0 Å². The molecule has 17 heavy (non-hydrogen) atoms. The Labute approximate surface area is 98.2 Å². The number of nitrogens with zero attached hydrogens (tertiary/aromatic N) is 1. The number of hydrogen-bond acceptors (Lipinski definition) is 3. The molecule has 1 aromatic rings. The minimum Gasteiger partial charge on any atom is -0.481 e. The van der Waals surface area contributed by atoms with Gasteiger partial charge in [0.05, 0.1) is 10.3 Å². The molecule has 1 aliphatic carbocycles. The van der Waals surface area contributed by atoms with E-state index in [1.54, 1.807) is 19.1 Å². The molecule has 0 aromatic heterocycles. The monoisotopic (exact) mass is 235 g/mol. The topological polar surface area (TPSA) is 80.4 Å². The van der Waals surface area contributed by atoms with Gasteiger partial charge in [-0.15, -0.1) is 0 Å².